The van der Waals surface area contributed by atoms with Crippen LogP contribution in [0.15, 0.2) is 42.5 Å². The number of rotatable bonds is 12. The van der Waals surface area contributed by atoms with Gasteiger partial charge in [0.05, 0.1) is 12.1 Å². The first-order valence-corrected chi connectivity index (χ1v) is 11.4. The molecule has 0 radical (unpaired) electrons. The topological polar surface area (TPSA) is 63.7 Å². The lowest BCUT2D eigenvalue weighted by Gasteiger charge is -2.34. The van der Waals surface area contributed by atoms with Gasteiger partial charge >= 0.3 is 11.9 Å². The molecule has 1 aromatic rings. The van der Waals surface area contributed by atoms with Gasteiger partial charge in [0.2, 0.25) is 11.7 Å². The minimum Gasteiger partial charge on any atom is -0.463 e. The predicted molar refractivity (Wildman–Crippen MR) is 118 cm³/mol. The van der Waals surface area contributed by atoms with E-state index in [9.17, 15) is 23.2 Å². The first-order chi connectivity index (χ1) is 15.2. The summed E-state index contributed by atoms with van der Waals surface area (Å²) in [4.78, 5) is 37.8. The number of carbonyl (C=O) groups is 3. The van der Waals surface area contributed by atoms with Crippen molar-refractivity contribution in [2.45, 2.75) is 83.3 Å². The molecule has 1 aliphatic heterocycles. The maximum Gasteiger partial charge on any atom is 0.334 e. The second-order valence-electron chi connectivity index (χ2n) is 8.41. The Morgan fingerprint density at radius 2 is 1.84 bits per heavy atom. The van der Waals surface area contributed by atoms with Crippen LogP contribution in [-0.2, 0) is 25.0 Å². The highest BCUT2D eigenvalue weighted by Crippen LogP contribution is 2.30. The predicted octanol–water partition coefficient (Wildman–Crippen LogP) is 5.19. The third kappa shape index (κ3) is 7.84. The van der Waals surface area contributed by atoms with Crippen molar-refractivity contribution in [3.63, 3.8) is 0 Å². The zero-order valence-electron chi connectivity index (χ0n) is 18.9. The molecule has 32 heavy (non-hydrogen) atoms. The average Bonchev–Trinajstić information content (AvgIpc) is 2.75. The molecular weight excluding hydrogens is 416 g/mol. The molecule has 1 fully saturated rings. The van der Waals surface area contributed by atoms with E-state index in [1.807, 2.05) is 13.8 Å². The number of hydrogen-bond acceptors (Lipinski definition) is 4. The van der Waals surface area contributed by atoms with Crippen molar-refractivity contribution in [2.24, 2.45) is 0 Å². The van der Waals surface area contributed by atoms with E-state index in [1.54, 1.807) is 11.0 Å². The largest absolute Gasteiger partial charge is 0.463 e. The van der Waals surface area contributed by atoms with Gasteiger partial charge in [-0.1, -0.05) is 49.2 Å². The second-order valence-corrected chi connectivity index (χ2v) is 8.41. The summed E-state index contributed by atoms with van der Waals surface area (Å²) < 4.78 is 33.9. The number of esters is 1. The third-order valence-corrected chi connectivity index (χ3v) is 5.42. The van der Waals surface area contributed by atoms with Gasteiger partial charge in [0.15, 0.2) is 0 Å². The highest BCUT2D eigenvalue weighted by atomic mass is 19.3. The highest BCUT2D eigenvalue weighted by Gasteiger charge is 2.39. The number of piperidine rings is 1. The molecule has 1 atom stereocenters. The number of carbonyl (C=O) groups excluding carboxylic acids is 3. The third-order valence-electron chi connectivity index (χ3n) is 5.42. The van der Waals surface area contributed by atoms with E-state index >= 15 is 0 Å². The first-order valence-electron chi connectivity index (χ1n) is 11.4. The Balaban J connectivity index is 1.84. The Morgan fingerprint density at radius 1 is 1.16 bits per heavy atom. The van der Waals surface area contributed by atoms with Crippen molar-refractivity contribution in [1.82, 2.24) is 4.90 Å². The van der Waals surface area contributed by atoms with Crippen LogP contribution in [0.5, 0.6) is 0 Å². The van der Waals surface area contributed by atoms with Crippen LogP contribution in [0.2, 0.25) is 0 Å². The van der Waals surface area contributed by atoms with Crippen LogP contribution in [0.25, 0.3) is 0 Å². The molecule has 1 saturated heterocycles. The SMILES string of the molecule is CC(C)OC(=O)CCCCCCN1C(=O)CCC[C@@H]1/C=C/C(=O)C(F)(F)c1ccccc1. The summed E-state index contributed by atoms with van der Waals surface area (Å²) in [5.74, 6) is -5.10. The number of ether oxygens (including phenoxy) is 1. The van der Waals surface area contributed by atoms with Crippen molar-refractivity contribution in [2.75, 3.05) is 6.54 Å². The van der Waals surface area contributed by atoms with Crippen molar-refractivity contribution >= 4 is 17.7 Å². The summed E-state index contributed by atoms with van der Waals surface area (Å²) in [6, 6.07) is 6.65. The van der Waals surface area contributed by atoms with Crippen molar-refractivity contribution in [3.8, 4) is 0 Å². The maximum absolute atomic E-state index is 14.4. The summed E-state index contributed by atoms with van der Waals surface area (Å²) in [5, 5.41) is 0. The monoisotopic (exact) mass is 449 g/mol. The molecule has 1 aromatic carbocycles. The maximum atomic E-state index is 14.4. The van der Waals surface area contributed by atoms with E-state index in [4.69, 9.17) is 4.74 Å². The van der Waals surface area contributed by atoms with E-state index in [1.165, 1.54) is 30.3 Å². The molecule has 7 heteroatoms. The lowest BCUT2D eigenvalue weighted by molar-refractivity contribution is -0.147. The molecule has 1 amide bonds. The number of nitrogens with zero attached hydrogens (tertiary/aromatic N) is 1. The minimum absolute atomic E-state index is 0.0197. The van der Waals surface area contributed by atoms with Gasteiger partial charge in [-0.05, 0) is 45.6 Å². The van der Waals surface area contributed by atoms with E-state index in [2.05, 4.69) is 0 Å². The Kier molecular flexibility index (Phi) is 10.0. The van der Waals surface area contributed by atoms with Gasteiger partial charge in [-0.25, -0.2) is 0 Å². The quantitative estimate of drug-likeness (QED) is 0.250. The van der Waals surface area contributed by atoms with Crippen LogP contribution in [0.3, 0.4) is 0 Å². The number of hydrogen-bond donors (Lipinski definition) is 0. The fourth-order valence-electron chi connectivity index (χ4n) is 3.76. The highest BCUT2D eigenvalue weighted by molar-refractivity contribution is 5.96. The summed E-state index contributed by atoms with van der Waals surface area (Å²) in [5.41, 5.74) is -0.344. The number of alkyl halides is 2. The number of unbranched alkanes of at least 4 members (excludes halogenated alkanes) is 3. The number of ketones is 1. The molecule has 1 heterocycles. The zero-order chi connectivity index (χ0) is 23.6. The molecule has 0 bridgehead atoms. The number of likely N-dealkylation sites (tertiary alicyclic amines) is 1. The van der Waals surface area contributed by atoms with Gasteiger partial charge in [-0.2, -0.15) is 8.78 Å². The molecule has 5 nitrogen and oxygen atoms in total. The molecule has 0 spiro atoms. The van der Waals surface area contributed by atoms with Crippen molar-refractivity contribution < 1.29 is 27.9 Å². The van der Waals surface area contributed by atoms with Crippen LogP contribution in [-0.4, -0.2) is 41.3 Å². The molecule has 0 N–H and O–H groups in total. The lowest BCUT2D eigenvalue weighted by atomic mass is 9.98. The zero-order valence-corrected chi connectivity index (χ0v) is 18.9. The van der Waals surface area contributed by atoms with Gasteiger partial charge < -0.3 is 9.64 Å². The van der Waals surface area contributed by atoms with Crippen molar-refractivity contribution in [3.05, 3.63) is 48.0 Å². The number of allylic oxidation sites excluding steroid dienone is 1. The standard InChI is InChI=1S/C25H33F2NO4/c1-19(2)32-24(31)15-8-3-4-9-18-28-21(13-10-14-23(28)30)16-17-22(29)25(26,27)20-11-6-5-7-12-20/h5-7,11-12,16-17,19,21H,3-4,8-10,13-15,18H2,1-2H3/b17-16+/t21-/m1/s1. The molecule has 1 aliphatic rings. The molecule has 0 aliphatic carbocycles. The molecule has 176 valence electrons. The first kappa shape index (κ1) is 25.7. The number of amides is 1. The molecular formula is C25H33F2NO4. The molecule has 2 rings (SSSR count). The Bertz CT molecular complexity index is 792. The van der Waals surface area contributed by atoms with E-state index < -0.39 is 11.7 Å². The van der Waals surface area contributed by atoms with Gasteiger partial charge in [0.25, 0.3) is 0 Å². The van der Waals surface area contributed by atoms with Gasteiger partial charge in [-0.3, -0.25) is 14.4 Å². The van der Waals surface area contributed by atoms with Gasteiger partial charge in [-0.15, -0.1) is 0 Å². The van der Waals surface area contributed by atoms with E-state index in [-0.39, 0.29) is 29.6 Å². The number of benzene rings is 1. The Hall–Kier alpha value is -2.57. The van der Waals surface area contributed by atoms with Crippen LogP contribution < -0.4 is 0 Å². The van der Waals surface area contributed by atoms with Gasteiger partial charge in [0.1, 0.15) is 0 Å². The molecule has 0 unspecified atom stereocenters. The number of halogens is 2. The van der Waals surface area contributed by atoms with Crippen LogP contribution in [0.1, 0.15) is 70.8 Å². The Labute approximate surface area is 188 Å². The summed E-state index contributed by atoms with van der Waals surface area (Å²) in [7, 11) is 0. The minimum atomic E-state index is -3.60. The van der Waals surface area contributed by atoms with E-state index in [0.717, 1.165) is 31.8 Å². The fraction of sp³-hybridized carbons (Fsp3) is 0.560. The fourth-order valence-corrected chi connectivity index (χ4v) is 3.76. The summed E-state index contributed by atoms with van der Waals surface area (Å²) in [6.07, 6.45) is 7.55. The Morgan fingerprint density at radius 3 is 2.53 bits per heavy atom. The van der Waals surface area contributed by atoms with Crippen LogP contribution in [0.4, 0.5) is 8.78 Å². The molecule has 0 aromatic heterocycles. The normalized spacial score (nSPS) is 17.2. The van der Waals surface area contributed by atoms with E-state index in [0.29, 0.717) is 32.2 Å². The smallest absolute Gasteiger partial charge is 0.334 e. The summed E-state index contributed by atoms with van der Waals surface area (Å²) >= 11 is 0. The molecule has 0 saturated carbocycles. The average molecular weight is 450 g/mol. The van der Waals surface area contributed by atoms with Crippen molar-refractivity contribution in [1.29, 1.82) is 0 Å². The van der Waals surface area contributed by atoms with Crippen LogP contribution >= 0.6 is 0 Å². The van der Waals surface area contributed by atoms with Gasteiger partial charge in [0, 0.05) is 24.9 Å². The summed E-state index contributed by atoms with van der Waals surface area (Å²) in [6.45, 7) is 4.14. The van der Waals surface area contributed by atoms with Crippen LogP contribution in [0, 0.1) is 0 Å². The lowest BCUT2D eigenvalue weighted by Crippen LogP contribution is -2.43. The second kappa shape index (κ2) is 12.5.